The molecule has 0 aliphatic carbocycles. The molecule has 0 saturated carbocycles. The number of aliphatic carboxylic acids is 1. The average molecular weight is 221 g/mol. The summed E-state index contributed by atoms with van der Waals surface area (Å²) in [4.78, 5) is 12.9. The summed E-state index contributed by atoms with van der Waals surface area (Å²) in [6, 6.07) is 7.72. The SMILES string of the molecule is COc1cccc(N2CCC(C(=O)O)C2)c1. The van der Waals surface area contributed by atoms with Crippen LogP contribution in [0.25, 0.3) is 0 Å². The first-order valence-corrected chi connectivity index (χ1v) is 5.32. The fourth-order valence-electron chi connectivity index (χ4n) is 2.00. The molecule has 0 amide bonds. The Balaban J connectivity index is 2.11. The lowest BCUT2D eigenvalue weighted by molar-refractivity contribution is -0.140. The predicted molar refractivity (Wildman–Crippen MR) is 60.9 cm³/mol. The van der Waals surface area contributed by atoms with Gasteiger partial charge in [0.25, 0.3) is 0 Å². The Labute approximate surface area is 94.4 Å². The highest BCUT2D eigenvalue weighted by Crippen LogP contribution is 2.26. The van der Waals surface area contributed by atoms with Crippen LogP contribution in [0.2, 0.25) is 0 Å². The van der Waals surface area contributed by atoms with E-state index < -0.39 is 5.97 Å². The van der Waals surface area contributed by atoms with Crippen molar-refractivity contribution in [3.05, 3.63) is 24.3 Å². The molecule has 4 nitrogen and oxygen atoms in total. The second-order valence-corrected chi connectivity index (χ2v) is 3.97. The Hall–Kier alpha value is -1.71. The number of carboxylic acid groups (broad SMARTS) is 1. The van der Waals surface area contributed by atoms with E-state index in [1.165, 1.54) is 0 Å². The van der Waals surface area contributed by atoms with Crippen molar-refractivity contribution in [2.45, 2.75) is 6.42 Å². The fraction of sp³-hybridized carbons (Fsp3) is 0.417. The van der Waals surface area contributed by atoms with E-state index in [0.717, 1.165) is 18.0 Å². The molecule has 1 aromatic rings. The lowest BCUT2D eigenvalue weighted by Crippen LogP contribution is -2.22. The summed E-state index contributed by atoms with van der Waals surface area (Å²) in [6.45, 7) is 1.38. The third kappa shape index (κ3) is 2.10. The van der Waals surface area contributed by atoms with E-state index in [1.54, 1.807) is 7.11 Å². The van der Waals surface area contributed by atoms with Crippen molar-refractivity contribution in [1.29, 1.82) is 0 Å². The van der Waals surface area contributed by atoms with Crippen LogP contribution in [0.15, 0.2) is 24.3 Å². The molecule has 0 bridgehead atoms. The molecule has 0 spiro atoms. The van der Waals surface area contributed by atoms with Crippen LogP contribution in [0, 0.1) is 5.92 Å². The van der Waals surface area contributed by atoms with Crippen molar-refractivity contribution in [3.63, 3.8) is 0 Å². The largest absolute Gasteiger partial charge is 0.497 e. The number of anilines is 1. The Morgan fingerprint density at radius 3 is 3.00 bits per heavy atom. The fourth-order valence-corrected chi connectivity index (χ4v) is 2.00. The number of ether oxygens (including phenoxy) is 1. The number of rotatable bonds is 3. The number of methoxy groups -OCH3 is 1. The zero-order valence-electron chi connectivity index (χ0n) is 9.22. The summed E-state index contributed by atoms with van der Waals surface area (Å²) in [6.07, 6.45) is 0.715. The third-order valence-corrected chi connectivity index (χ3v) is 2.96. The molecule has 1 aromatic carbocycles. The summed E-state index contributed by atoms with van der Waals surface area (Å²) in [5.41, 5.74) is 1.03. The summed E-state index contributed by atoms with van der Waals surface area (Å²) < 4.78 is 5.15. The zero-order chi connectivity index (χ0) is 11.5. The first-order chi connectivity index (χ1) is 7.70. The Morgan fingerprint density at radius 2 is 2.38 bits per heavy atom. The number of hydrogen-bond acceptors (Lipinski definition) is 3. The summed E-state index contributed by atoms with van der Waals surface area (Å²) in [7, 11) is 1.63. The molecule has 16 heavy (non-hydrogen) atoms. The van der Waals surface area contributed by atoms with E-state index in [2.05, 4.69) is 4.90 Å². The molecular formula is C12H15NO3. The normalized spacial score (nSPS) is 19.8. The minimum atomic E-state index is -0.703. The van der Waals surface area contributed by atoms with Gasteiger partial charge in [-0.25, -0.2) is 0 Å². The van der Waals surface area contributed by atoms with Gasteiger partial charge in [0.15, 0.2) is 0 Å². The molecular weight excluding hydrogens is 206 g/mol. The first-order valence-electron chi connectivity index (χ1n) is 5.32. The van der Waals surface area contributed by atoms with Gasteiger partial charge in [-0.05, 0) is 18.6 Å². The van der Waals surface area contributed by atoms with Crippen LogP contribution in [0.3, 0.4) is 0 Å². The van der Waals surface area contributed by atoms with Crippen LogP contribution in [0.5, 0.6) is 5.75 Å². The summed E-state index contributed by atoms with van der Waals surface area (Å²) in [5, 5.41) is 8.93. The van der Waals surface area contributed by atoms with Gasteiger partial charge in [0.2, 0.25) is 0 Å². The molecule has 2 rings (SSSR count). The molecule has 0 aromatic heterocycles. The number of hydrogen-bond donors (Lipinski definition) is 1. The lowest BCUT2D eigenvalue weighted by atomic mass is 10.1. The van der Waals surface area contributed by atoms with Crippen LogP contribution < -0.4 is 9.64 Å². The van der Waals surface area contributed by atoms with Crippen molar-refractivity contribution in [1.82, 2.24) is 0 Å². The van der Waals surface area contributed by atoms with Gasteiger partial charge >= 0.3 is 5.97 Å². The van der Waals surface area contributed by atoms with E-state index in [-0.39, 0.29) is 5.92 Å². The molecule has 1 fully saturated rings. The molecule has 1 heterocycles. The van der Waals surface area contributed by atoms with E-state index in [9.17, 15) is 4.79 Å². The standard InChI is InChI=1S/C12H15NO3/c1-16-11-4-2-3-10(7-11)13-6-5-9(8-13)12(14)15/h2-4,7,9H,5-6,8H2,1H3,(H,14,15). The number of benzene rings is 1. The molecule has 1 saturated heterocycles. The van der Waals surface area contributed by atoms with E-state index in [0.29, 0.717) is 13.0 Å². The molecule has 0 radical (unpaired) electrons. The maximum Gasteiger partial charge on any atom is 0.308 e. The van der Waals surface area contributed by atoms with Gasteiger partial charge in [0, 0.05) is 24.8 Å². The van der Waals surface area contributed by atoms with Gasteiger partial charge in [0.1, 0.15) is 5.75 Å². The Bertz CT molecular complexity index is 392. The van der Waals surface area contributed by atoms with Gasteiger partial charge in [-0.1, -0.05) is 6.07 Å². The molecule has 1 aliphatic heterocycles. The van der Waals surface area contributed by atoms with Crippen LogP contribution in [-0.4, -0.2) is 31.3 Å². The maximum absolute atomic E-state index is 10.9. The smallest absolute Gasteiger partial charge is 0.308 e. The highest BCUT2D eigenvalue weighted by atomic mass is 16.5. The number of nitrogens with zero attached hydrogens (tertiary/aromatic N) is 1. The van der Waals surface area contributed by atoms with Crippen molar-refractivity contribution in [3.8, 4) is 5.75 Å². The van der Waals surface area contributed by atoms with Crippen molar-refractivity contribution in [2.75, 3.05) is 25.1 Å². The minimum absolute atomic E-state index is 0.244. The van der Waals surface area contributed by atoms with Gasteiger partial charge in [-0.2, -0.15) is 0 Å². The Kier molecular flexibility index (Phi) is 2.99. The lowest BCUT2D eigenvalue weighted by Gasteiger charge is -2.18. The average Bonchev–Trinajstić information content (AvgIpc) is 2.78. The van der Waals surface area contributed by atoms with Gasteiger partial charge in [-0.3, -0.25) is 4.79 Å². The second-order valence-electron chi connectivity index (χ2n) is 3.97. The highest BCUT2D eigenvalue weighted by Gasteiger charge is 2.28. The van der Waals surface area contributed by atoms with Crippen molar-refractivity contribution >= 4 is 11.7 Å². The molecule has 4 heteroatoms. The van der Waals surface area contributed by atoms with Crippen molar-refractivity contribution < 1.29 is 14.6 Å². The molecule has 1 N–H and O–H groups in total. The molecule has 1 unspecified atom stereocenters. The van der Waals surface area contributed by atoms with E-state index in [4.69, 9.17) is 9.84 Å². The highest BCUT2D eigenvalue weighted by molar-refractivity contribution is 5.72. The number of carboxylic acids is 1. The monoisotopic (exact) mass is 221 g/mol. The summed E-state index contributed by atoms with van der Waals surface area (Å²) >= 11 is 0. The molecule has 1 atom stereocenters. The topological polar surface area (TPSA) is 49.8 Å². The quantitative estimate of drug-likeness (QED) is 0.842. The van der Waals surface area contributed by atoms with Gasteiger partial charge in [-0.15, -0.1) is 0 Å². The molecule has 86 valence electrons. The van der Waals surface area contributed by atoms with Crippen LogP contribution in [0.1, 0.15) is 6.42 Å². The van der Waals surface area contributed by atoms with Crippen LogP contribution in [-0.2, 0) is 4.79 Å². The zero-order valence-corrected chi connectivity index (χ0v) is 9.22. The second kappa shape index (κ2) is 4.43. The minimum Gasteiger partial charge on any atom is -0.497 e. The predicted octanol–water partition coefficient (Wildman–Crippen LogP) is 1.61. The molecule has 1 aliphatic rings. The Morgan fingerprint density at radius 1 is 1.56 bits per heavy atom. The summed E-state index contributed by atoms with van der Waals surface area (Å²) in [5.74, 6) is -0.145. The van der Waals surface area contributed by atoms with Gasteiger partial charge in [0.05, 0.1) is 13.0 Å². The number of carbonyl (C=O) groups is 1. The van der Waals surface area contributed by atoms with Gasteiger partial charge < -0.3 is 14.7 Å². The third-order valence-electron chi connectivity index (χ3n) is 2.96. The maximum atomic E-state index is 10.9. The van der Waals surface area contributed by atoms with E-state index in [1.807, 2.05) is 24.3 Å². The van der Waals surface area contributed by atoms with Crippen LogP contribution in [0.4, 0.5) is 5.69 Å². The van der Waals surface area contributed by atoms with Crippen molar-refractivity contribution in [2.24, 2.45) is 5.92 Å². The first kappa shape index (κ1) is 10.8. The van der Waals surface area contributed by atoms with E-state index >= 15 is 0 Å². The van der Waals surface area contributed by atoms with Crippen LogP contribution >= 0.6 is 0 Å².